The third-order valence-corrected chi connectivity index (χ3v) is 3.58. The van der Waals surface area contributed by atoms with Gasteiger partial charge in [-0.15, -0.1) is 0 Å². The van der Waals surface area contributed by atoms with Gasteiger partial charge in [0.1, 0.15) is 0 Å². The minimum atomic E-state index is -0.497. The van der Waals surface area contributed by atoms with E-state index in [1.54, 1.807) is 0 Å². The molecule has 0 saturated carbocycles. The minimum Gasteiger partial charge on any atom is -0.464 e. The van der Waals surface area contributed by atoms with Crippen LogP contribution in [-0.2, 0) is 9.47 Å². The molecular formula is C16H18N2O4. The normalized spacial score (nSPS) is 14.9. The van der Waals surface area contributed by atoms with Gasteiger partial charge in [0, 0.05) is 18.7 Å². The average molecular weight is 302 g/mol. The van der Waals surface area contributed by atoms with Crippen LogP contribution in [0, 0.1) is 6.92 Å². The van der Waals surface area contributed by atoms with Crippen LogP contribution in [0.5, 0.6) is 0 Å². The van der Waals surface area contributed by atoms with Gasteiger partial charge in [0.05, 0.1) is 20.3 Å². The highest BCUT2D eigenvalue weighted by Crippen LogP contribution is 2.29. The summed E-state index contributed by atoms with van der Waals surface area (Å²) in [6, 6.07) is 7.80. The van der Waals surface area contributed by atoms with Crippen LogP contribution in [0.2, 0.25) is 0 Å². The third kappa shape index (κ3) is 2.82. The summed E-state index contributed by atoms with van der Waals surface area (Å²) in [5.41, 5.74) is 2.19. The zero-order valence-corrected chi connectivity index (χ0v) is 12.7. The summed E-state index contributed by atoms with van der Waals surface area (Å²) < 4.78 is 16.0. The summed E-state index contributed by atoms with van der Waals surface area (Å²) >= 11 is 0. The predicted molar refractivity (Wildman–Crippen MR) is 81.0 cm³/mol. The molecule has 3 rings (SSSR count). The van der Waals surface area contributed by atoms with Crippen molar-refractivity contribution in [1.29, 1.82) is 0 Å². The first-order valence-electron chi connectivity index (χ1n) is 7.18. The first-order chi connectivity index (χ1) is 10.7. The van der Waals surface area contributed by atoms with E-state index < -0.39 is 5.97 Å². The molecule has 1 aromatic carbocycles. The second-order valence-corrected chi connectivity index (χ2v) is 5.13. The lowest BCUT2D eigenvalue weighted by molar-refractivity contribution is 0.0593. The lowest BCUT2D eigenvalue weighted by atomic mass is 10.1. The number of esters is 1. The number of carbonyl (C=O) groups is 1. The molecule has 22 heavy (non-hydrogen) atoms. The summed E-state index contributed by atoms with van der Waals surface area (Å²) in [5.74, 6) is 0.372. The monoisotopic (exact) mass is 302 g/mol. The molecule has 0 N–H and O–H groups in total. The van der Waals surface area contributed by atoms with E-state index in [1.807, 2.05) is 36.1 Å². The van der Waals surface area contributed by atoms with Gasteiger partial charge in [-0.2, -0.15) is 4.98 Å². The Labute approximate surface area is 128 Å². The smallest absolute Gasteiger partial charge is 0.362 e. The number of benzene rings is 1. The first-order valence-corrected chi connectivity index (χ1v) is 7.18. The fourth-order valence-corrected chi connectivity index (χ4v) is 2.34. The number of hydrogen-bond donors (Lipinski definition) is 0. The molecule has 0 bridgehead atoms. The highest BCUT2D eigenvalue weighted by molar-refractivity contribution is 5.93. The maximum absolute atomic E-state index is 12.0. The topological polar surface area (TPSA) is 64.8 Å². The quantitative estimate of drug-likeness (QED) is 0.810. The number of ether oxygens (including phenoxy) is 2. The molecule has 0 aliphatic carbocycles. The van der Waals surface area contributed by atoms with E-state index in [9.17, 15) is 4.79 Å². The first kappa shape index (κ1) is 14.6. The maximum atomic E-state index is 12.0. The van der Waals surface area contributed by atoms with E-state index in [0.29, 0.717) is 38.1 Å². The Morgan fingerprint density at radius 2 is 1.91 bits per heavy atom. The Kier molecular flexibility index (Phi) is 4.11. The standard InChI is InChI=1S/C16H18N2O4/c1-11-3-5-12(6-4-11)14-17-13(16(19)20-2)15(22-14)18-7-9-21-10-8-18/h3-6H,7-10H2,1-2H3. The van der Waals surface area contributed by atoms with Crippen LogP contribution >= 0.6 is 0 Å². The summed E-state index contributed by atoms with van der Waals surface area (Å²) in [4.78, 5) is 18.3. The Morgan fingerprint density at radius 1 is 1.23 bits per heavy atom. The molecular weight excluding hydrogens is 284 g/mol. The molecule has 1 fully saturated rings. The zero-order chi connectivity index (χ0) is 15.5. The van der Waals surface area contributed by atoms with Gasteiger partial charge in [0.25, 0.3) is 0 Å². The summed E-state index contributed by atoms with van der Waals surface area (Å²) in [6.07, 6.45) is 0. The number of rotatable bonds is 3. The summed E-state index contributed by atoms with van der Waals surface area (Å²) in [5, 5.41) is 0. The number of oxazole rings is 1. The van der Waals surface area contributed by atoms with Crippen LogP contribution in [0.3, 0.4) is 0 Å². The minimum absolute atomic E-state index is 0.208. The summed E-state index contributed by atoms with van der Waals surface area (Å²) in [6.45, 7) is 4.53. The number of carbonyl (C=O) groups excluding carboxylic acids is 1. The molecule has 1 saturated heterocycles. The van der Waals surface area contributed by atoms with Gasteiger partial charge < -0.3 is 18.8 Å². The molecule has 0 radical (unpaired) electrons. The molecule has 2 aromatic rings. The van der Waals surface area contributed by atoms with Gasteiger partial charge in [-0.25, -0.2) is 4.79 Å². The lowest BCUT2D eigenvalue weighted by Gasteiger charge is -2.26. The Balaban J connectivity index is 2.00. The van der Waals surface area contributed by atoms with Crippen LogP contribution in [0.25, 0.3) is 11.5 Å². The van der Waals surface area contributed by atoms with E-state index in [1.165, 1.54) is 7.11 Å². The van der Waals surface area contributed by atoms with E-state index in [2.05, 4.69) is 4.98 Å². The zero-order valence-electron chi connectivity index (χ0n) is 12.7. The highest BCUT2D eigenvalue weighted by Gasteiger charge is 2.27. The van der Waals surface area contributed by atoms with Gasteiger partial charge in [-0.1, -0.05) is 17.7 Å². The van der Waals surface area contributed by atoms with Crippen LogP contribution in [-0.4, -0.2) is 44.4 Å². The van der Waals surface area contributed by atoms with E-state index >= 15 is 0 Å². The number of aryl methyl sites for hydroxylation is 1. The Bertz CT molecular complexity index is 657. The van der Waals surface area contributed by atoms with Gasteiger partial charge in [0.15, 0.2) is 0 Å². The van der Waals surface area contributed by atoms with Crippen LogP contribution in [0.15, 0.2) is 28.7 Å². The lowest BCUT2D eigenvalue weighted by Crippen LogP contribution is -2.36. The second-order valence-electron chi connectivity index (χ2n) is 5.13. The molecule has 2 heterocycles. The highest BCUT2D eigenvalue weighted by atomic mass is 16.5. The molecule has 116 valence electrons. The fraction of sp³-hybridized carbons (Fsp3) is 0.375. The number of anilines is 1. The van der Waals surface area contributed by atoms with Crippen LogP contribution in [0.1, 0.15) is 16.1 Å². The van der Waals surface area contributed by atoms with Crippen molar-refractivity contribution in [3.63, 3.8) is 0 Å². The molecule has 0 spiro atoms. The average Bonchev–Trinajstić information content (AvgIpc) is 3.01. The molecule has 1 aliphatic rings. The van der Waals surface area contributed by atoms with Crippen molar-refractivity contribution < 1.29 is 18.7 Å². The van der Waals surface area contributed by atoms with Crippen molar-refractivity contribution in [1.82, 2.24) is 4.98 Å². The second kappa shape index (κ2) is 6.19. The van der Waals surface area contributed by atoms with E-state index in [0.717, 1.165) is 11.1 Å². The number of aromatic nitrogens is 1. The van der Waals surface area contributed by atoms with Gasteiger partial charge in [-0.3, -0.25) is 0 Å². The van der Waals surface area contributed by atoms with E-state index in [4.69, 9.17) is 13.9 Å². The Hall–Kier alpha value is -2.34. The van der Waals surface area contributed by atoms with Gasteiger partial charge >= 0.3 is 5.97 Å². The molecule has 0 unspecified atom stereocenters. The number of morpholine rings is 1. The summed E-state index contributed by atoms with van der Waals surface area (Å²) in [7, 11) is 1.34. The fourth-order valence-electron chi connectivity index (χ4n) is 2.34. The SMILES string of the molecule is COC(=O)c1nc(-c2ccc(C)cc2)oc1N1CCOCC1. The van der Waals surface area contributed by atoms with Crippen LogP contribution < -0.4 is 4.90 Å². The van der Waals surface area contributed by atoms with Crippen molar-refractivity contribution >= 4 is 11.9 Å². The van der Waals surface area contributed by atoms with Crippen molar-refractivity contribution in [2.45, 2.75) is 6.92 Å². The molecule has 0 atom stereocenters. The van der Waals surface area contributed by atoms with Crippen molar-refractivity contribution in [3.8, 4) is 11.5 Å². The van der Waals surface area contributed by atoms with Gasteiger partial charge in [-0.05, 0) is 19.1 Å². The molecule has 1 aromatic heterocycles. The van der Waals surface area contributed by atoms with Crippen LogP contribution in [0.4, 0.5) is 5.88 Å². The van der Waals surface area contributed by atoms with Crippen molar-refractivity contribution in [2.75, 3.05) is 38.3 Å². The van der Waals surface area contributed by atoms with E-state index in [-0.39, 0.29) is 5.69 Å². The molecule has 1 aliphatic heterocycles. The number of nitrogens with zero attached hydrogens (tertiary/aromatic N) is 2. The third-order valence-electron chi connectivity index (χ3n) is 3.58. The number of methoxy groups -OCH3 is 1. The largest absolute Gasteiger partial charge is 0.464 e. The molecule has 0 amide bonds. The van der Waals surface area contributed by atoms with Crippen molar-refractivity contribution in [2.24, 2.45) is 0 Å². The predicted octanol–water partition coefficient (Wildman–Crippen LogP) is 2.27. The number of hydrogen-bond acceptors (Lipinski definition) is 6. The van der Waals surface area contributed by atoms with Gasteiger partial charge in [0.2, 0.25) is 17.5 Å². The van der Waals surface area contributed by atoms with Crippen molar-refractivity contribution in [3.05, 3.63) is 35.5 Å². The molecule has 6 nitrogen and oxygen atoms in total. The molecule has 6 heteroatoms. The Morgan fingerprint density at radius 3 is 2.55 bits per heavy atom. The maximum Gasteiger partial charge on any atom is 0.362 e.